The average molecular weight is 468 g/mol. The van der Waals surface area contributed by atoms with Gasteiger partial charge in [-0.15, -0.1) is 32.9 Å². The zero-order valence-electron chi connectivity index (χ0n) is 16.8. The SMILES string of the molecule is Cc1ccc2cc([C@@H](O)Cn3nnc(Cn4cnc5scc(C(N)=O)c5c4=O)n3)sc2c1. The summed E-state index contributed by atoms with van der Waals surface area (Å²) in [6.07, 6.45) is 0.583. The Morgan fingerprint density at radius 1 is 1.31 bits per heavy atom. The summed E-state index contributed by atoms with van der Waals surface area (Å²) in [5.41, 5.74) is 6.27. The molecular formula is C20H17N7O3S2. The first kappa shape index (κ1) is 20.4. The fourth-order valence-corrected chi connectivity index (χ4v) is 5.43. The fraction of sp³-hybridized carbons (Fsp3) is 0.200. The van der Waals surface area contributed by atoms with Crippen LogP contribution in [0.3, 0.4) is 0 Å². The lowest BCUT2D eigenvalue weighted by Crippen LogP contribution is -2.23. The van der Waals surface area contributed by atoms with Crippen molar-refractivity contribution in [1.82, 2.24) is 29.8 Å². The number of amides is 1. The summed E-state index contributed by atoms with van der Waals surface area (Å²) in [4.78, 5) is 31.2. The van der Waals surface area contributed by atoms with Gasteiger partial charge in [-0.2, -0.15) is 4.80 Å². The van der Waals surface area contributed by atoms with Crippen molar-refractivity contribution < 1.29 is 9.90 Å². The van der Waals surface area contributed by atoms with E-state index in [1.54, 1.807) is 0 Å². The molecule has 1 amide bonds. The van der Waals surface area contributed by atoms with Crippen LogP contribution >= 0.6 is 22.7 Å². The number of nitrogens with two attached hydrogens (primary N) is 1. The summed E-state index contributed by atoms with van der Waals surface area (Å²) in [7, 11) is 0. The number of benzene rings is 1. The molecule has 0 unspecified atom stereocenters. The zero-order valence-corrected chi connectivity index (χ0v) is 18.4. The van der Waals surface area contributed by atoms with E-state index >= 15 is 0 Å². The molecule has 3 N–H and O–H groups in total. The van der Waals surface area contributed by atoms with Gasteiger partial charge >= 0.3 is 0 Å². The van der Waals surface area contributed by atoms with Gasteiger partial charge in [0.05, 0.1) is 30.4 Å². The van der Waals surface area contributed by atoms with E-state index in [2.05, 4.69) is 26.5 Å². The van der Waals surface area contributed by atoms with Crippen molar-refractivity contribution >= 4 is 48.9 Å². The lowest BCUT2D eigenvalue weighted by molar-refractivity contribution is 0.100. The maximum atomic E-state index is 12.8. The molecule has 0 saturated heterocycles. The van der Waals surface area contributed by atoms with E-state index in [1.807, 2.05) is 25.1 Å². The molecule has 4 aromatic heterocycles. The first-order valence-corrected chi connectivity index (χ1v) is 11.3. The number of hydrogen-bond acceptors (Lipinski definition) is 9. The van der Waals surface area contributed by atoms with Gasteiger partial charge in [0, 0.05) is 15.0 Å². The van der Waals surface area contributed by atoms with E-state index in [0.717, 1.165) is 20.5 Å². The van der Waals surface area contributed by atoms with E-state index in [0.29, 0.717) is 4.83 Å². The van der Waals surface area contributed by atoms with Crippen LogP contribution in [-0.4, -0.2) is 40.8 Å². The van der Waals surface area contributed by atoms with Gasteiger partial charge in [-0.25, -0.2) is 4.98 Å². The highest BCUT2D eigenvalue weighted by Crippen LogP contribution is 2.31. The molecular weight excluding hydrogens is 450 g/mol. The molecule has 162 valence electrons. The molecule has 0 aliphatic rings. The lowest BCUT2D eigenvalue weighted by atomic mass is 10.2. The number of aromatic nitrogens is 6. The van der Waals surface area contributed by atoms with Gasteiger partial charge in [0.2, 0.25) is 5.91 Å². The van der Waals surface area contributed by atoms with Crippen molar-refractivity contribution in [3.8, 4) is 0 Å². The summed E-state index contributed by atoms with van der Waals surface area (Å²) < 4.78 is 2.41. The molecule has 1 aromatic carbocycles. The maximum absolute atomic E-state index is 12.8. The molecule has 0 spiro atoms. The van der Waals surface area contributed by atoms with Crippen LogP contribution in [0.15, 0.2) is 40.8 Å². The molecule has 12 heteroatoms. The first-order valence-electron chi connectivity index (χ1n) is 9.60. The molecule has 32 heavy (non-hydrogen) atoms. The number of tetrazole rings is 1. The number of carbonyl (C=O) groups excluding carboxylic acids is 1. The number of thiophene rings is 2. The number of aliphatic hydroxyl groups is 1. The number of rotatable bonds is 6. The molecule has 0 aliphatic carbocycles. The van der Waals surface area contributed by atoms with Crippen LogP contribution < -0.4 is 11.3 Å². The highest BCUT2D eigenvalue weighted by Gasteiger charge is 2.17. The standard InChI is InChI=1S/C20H17N7O3S2/c1-10-2-3-11-5-15(32-14(11)4-10)13(28)6-27-24-16(23-25-27)7-26-9-22-19-17(20(26)30)12(8-31-19)18(21)29/h2-5,8-9,13,28H,6-7H2,1H3,(H2,21,29)/t13-/m0/s1. The van der Waals surface area contributed by atoms with Crippen molar-refractivity contribution in [3.05, 3.63) is 68.2 Å². The van der Waals surface area contributed by atoms with Crippen LogP contribution in [0.25, 0.3) is 20.3 Å². The fourth-order valence-electron chi connectivity index (χ4n) is 3.40. The van der Waals surface area contributed by atoms with E-state index in [-0.39, 0.29) is 29.9 Å². The summed E-state index contributed by atoms with van der Waals surface area (Å²) in [6, 6.07) is 8.11. The molecule has 0 radical (unpaired) electrons. The molecule has 0 fully saturated rings. The minimum absolute atomic E-state index is 0.0219. The van der Waals surface area contributed by atoms with Crippen molar-refractivity contribution in [3.63, 3.8) is 0 Å². The van der Waals surface area contributed by atoms with Crippen LogP contribution in [0.4, 0.5) is 0 Å². The third-order valence-electron chi connectivity index (χ3n) is 4.99. The third kappa shape index (κ3) is 3.68. The topological polar surface area (TPSA) is 142 Å². The normalized spacial score (nSPS) is 12.6. The molecule has 0 saturated carbocycles. The average Bonchev–Trinajstić information content (AvgIpc) is 3.48. The number of carbonyl (C=O) groups is 1. The van der Waals surface area contributed by atoms with Crippen molar-refractivity contribution in [2.24, 2.45) is 5.73 Å². The van der Waals surface area contributed by atoms with Crippen LogP contribution in [0.2, 0.25) is 0 Å². The minimum atomic E-state index is -0.792. The van der Waals surface area contributed by atoms with Gasteiger partial charge in [0.15, 0.2) is 5.82 Å². The van der Waals surface area contributed by atoms with Gasteiger partial charge in [-0.05, 0) is 35.2 Å². The highest BCUT2D eigenvalue weighted by molar-refractivity contribution is 7.19. The summed E-state index contributed by atoms with van der Waals surface area (Å²) in [5, 5.41) is 25.7. The Balaban J connectivity index is 1.35. The van der Waals surface area contributed by atoms with Crippen molar-refractivity contribution in [1.29, 1.82) is 0 Å². The van der Waals surface area contributed by atoms with Gasteiger partial charge in [0.25, 0.3) is 5.56 Å². The number of aryl methyl sites for hydroxylation is 1. The number of fused-ring (bicyclic) bond motifs is 2. The Hall–Kier alpha value is -3.48. The second-order valence-corrected chi connectivity index (χ2v) is 9.31. The van der Waals surface area contributed by atoms with Crippen LogP contribution in [-0.2, 0) is 13.1 Å². The van der Waals surface area contributed by atoms with E-state index in [9.17, 15) is 14.7 Å². The van der Waals surface area contributed by atoms with E-state index in [4.69, 9.17) is 5.73 Å². The summed E-state index contributed by atoms with van der Waals surface area (Å²) in [5.74, 6) is -0.398. The smallest absolute Gasteiger partial charge is 0.263 e. The van der Waals surface area contributed by atoms with E-state index < -0.39 is 17.6 Å². The van der Waals surface area contributed by atoms with Gasteiger partial charge < -0.3 is 10.8 Å². The monoisotopic (exact) mass is 467 g/mol. The minimum Gasteiger partial charge on any atom is -0.386 e. The third-order valence-corrected chi connectivity index (χ3v) is 7.08. The molecule has 5 rings (SSSR count). The highest BCUT2D eigenvalue weighted by atomic mass is 32.1. The molecule has 0 bridgehead atoms. The maximum Gasteiger partial charge on any atom is 0.263 e. The second-order valence-electron chi connectivity index (χ2n) is 7.34. The predicted molar refractivity (Wildman–Crippen MR) is 121 cm³/mol. The number of hydrogen-bond donors (Lipinski definition) is 2. The Bertz CT molecular complexity index is 1530. The first-order chi connectivity index (χ1) is 15.4. The summed E-state index contributed by atoms with van der Waals surface area (Å²) >= 11 is 2.71. The molecule has 1 atom stereocenters. The second kappa shape index (κ2) is 7.89. The Labute approximate surface area is 188 Å². The summed E-state index contributed by atoms with van der Waals surface area (Å²) in [6.45, 7) is 2.18. The Kier molecular flexibility index (Phi) is 5.04. The van der Waals surface area contributed by atoms with Gasteiger partial charge in [-0.1, -0.05) is 12.1 Å². The lowest BCUT2D eigenvalue weighted by Gasteiger charge is -2.06. The predicted octanol–water partition coefficient (Wildman–Crippen LogP) is 1.85. The Morgan fingerprint density at radius 3 is 2.97 bits per heavy atom. The van der Waals surface area contributed by atoms with E-state index in [1.165, 1.54) is 43.7 Å². The van der Waals surface area contributed by atoms with Crippen molar-refractivity contribution in [2.45, 2.75) is 26.1 Å². The number of nitrogens with zero attached hydrogens (tertiary/aromatic N) is 6. The van der Waals surface area contributed by atoms with Crippen molar-refractivity contribution in [2.75, 3.05) is 0 Å². The molecule has 0 aliphatic heterocycles. The molecule has 5 aromatic rings. The van der Waals surface area contributed by atoms with Gasteiger partial charge in [-0.3, -0.25) is 14.2 Å². The van der Waals surface area contributed by atoms with Crippen LogP contribution in [0, 0.1) is 6.92 Å². The Morgan fingerprint density at radius 2 is 2.16 bits per heavy atom. The molecule has 4 heterocycles. The largest absolute Gasteiger partial charge is 0.386 e. The number of primary amides is 1. The van der Waals surface area contributed by atoms with Crippen LogP contribution in [0.1, 0.15) is 32.7 Å². The zero-order chi connectivity index (χ0) is 22.4. The molecule has 10 nitrogen and oxygen atoms in total. The number of aliphatic hydroxyl groups excluding tert-OH is 1. The quantitative estimate of drug-likeness (QED) is 0.388. The van der Waals surface area contributed by atoms with Crippen LogP contribution in [0.5, 0.6) is 0 Å². The van der Waals surface area contributed by atoms with Gasteiger partial charge in [0.1, 0.15) is 10.9 Å².